The number of carbonyl (C=O) groups excluding carboxylic acids is 2. The van der Waals surface area contributed by atoms with Crippen LogP contribution >= 0.6 is 23.2 Å². The van der Waals surface area contributed by atoms with E-state index in [4.69, 9.17) is 23.2 Å². The van der Waals surface area contributed by atoms with Gasteiger partial charge in [0.25, 0.3) is 5.91 Å². The summed E-state index contributed by atoms with van der Waals surface area (Å²) in [6.45, 7) is 2.33. The fourth-order valence-corrected chi connectivity index (χ4v) is 2.32. The van der Waals surface area contributed by atoms with Crippen LogP contribution in [-0.4, -0.2) is 42.0 Å². The van der Waals surface area contributed by atoms with E-state index in [0.29, 0.717) is 35.1 Å². The molecule has 0 bridgehead atoms. The number of halogens is 2. The van der Waals surface area contributed by atoms with Crippen LogP contribution in [0.1, 0.15) is 25.0 Å². The summed E-state index contributed by atoms with van der Waals surface area (Å²) in [5.41, 5.74) is 0.353. The van der Waals surface area contributed by atoms with Gasteiger partial charge >= 0.3 is 0 Å². The van der Waals surface area contributed by atoms with Crippen LogP contribution in [0.4, 0.5) is 0 Å². The highest BCUT2D eigenvalue weighted by molar-refractivity contribution is 6.34. The summed E-state index contributed by atoms with van der Waals surface area (Å²) < 4.78 is 0. The van der Waals surface area contributed by atoms with Crippen molar-refractivity contribution in [2.75, 3.05) is 20.1 Å². The minimum absolute atomic E-state index is 0.113. The van der Waals surface area contributed by atoms with Gasteiger partial charge in [-0.2, -0.15) is 0 Å². The van der Waals surface area contributed by atoms with Crippen LogP contribution in [0, 0.1) is 0 Å². The number of nitrogens with one attached hydrogen (secondary N) is 1. The monoisotopic (exact) mass is 332 g/mol. The summed E-state index contributed by atoms with van der Waals surface area (Å²) in [5.74, 6) is -0.561. The maximum atomic E-state index is 12.1. The molecule has 0 heterocycles. The van der Waals surface area contributed by atoms with Crippen molar-refractivity contribution in [3.63, 3.8) is 0 Å². The van der Waals surface area contributed by atoms with Gasteiger partial charge in [-0.1, -0.05) is 23.2 Å². The number of nitrogens with zero attached hydrogens (tertiary/aromatic N) is 1. The maximum Gasteiger partial charge on any atom is 0.255 e. The van der Waals surface area contributed by atoms with Crippen LogP contribution in [0.2, 0.25) is 10.0 Å². The fraction of sp³-hybridized carbons (Fsp3) is 0.429. The van der Waals surface area contributed by atoms with Crippen LogP contribution in [-0.2, 0) is 9.59 Å². The van der Waals surface area contributed by atoms with Gasteiger partial charge in [-0.15, -0.1) is 0 Å². The standard InChI is InChI=1S/C14H18Cl2N2O3/c1-9(19)17-4-3-5-18(2)14(21)13(20)10-6-11(15)8-12(16)7-10/h6-8,13,20H,3-5H2,1-2H3,(H,17,19)/t13-/m0/s1. The van der Waals surface area contributed by atoms with Crippen LogP contribution in [0.25, 0.3) is 0 Å². The first-order valence-corrected chi connectivity index (χ1v) is 7.20. The maximum absolute atomic E-state index is 12.1. The van der Waals surface area contributed by atoms with Crippen molar-refractivity contribution in [1.82, 2.24) is 10.2 Å². The zero-order valence-corrected chi connectivity index (χ0v) is 13.4. The molecule has 0 saturated heterocycles. The lowest BCUT2D eigenvalue weighted by Gasteiger charge is -2.21. The zero-order chi connectivity index (χ0) is 16.0. The van der Waals surface area contributed by atoms with E-state index in [2.05, 4.69) is 5.32 Å². The minimum atomic E-state index is -1.31. The highest BCUT2D eigenvalue weighted by Gasteiger charge is 2.21. The summed E-state index contributed by atoms with van der Waals surface area (Å²) in [6, 6.07) is 4.53. The first kappa shape index (κ1) is 17.8. The molecule has 0 aliphatic rings. The van der Waals surface area contributed by atoms with Gasteiger partial charge in [0.1, 0.15) is 0 Å². The summed E-state index contributed by atoms with van der Waals surface area (Å²) >= 11 is 11.7. The van der Waals surface area contributed by atoms with Gasteiger partial charge in [-0.05, 0) is 30.2 Å². The first-order valence-electron chi connectivity index (χ1n) is 6.44. The van der Waals surface area contributed by atoms with Gasteiger partial charge in [0.05, 0.1) is 0 Å². The molecule has 2 N–H and O–H groups in total. The van der Waals surface area contributed by atoms with Crippen molar-refractivity contribution in [2.45, 2.75) is 19.4 Å². The lowest BCUT2D eigenvalue weighted by atomic mass is 10.1. The van der Waals surface area contributed by atoms with Gasteiger partial charge in [-0.25, -0.2) is 0 Å². The Hall–Kier alpha value is -1.30. The Bertz CT molecular complexity index is 503. The SMILES string of the molecule is CC(=O)NCCCN(C)C(=O)[C@@H](O)c1cc(Cl)cc(Cl)c1. The van der Waals surface area contributed by atoms with Crippen molar-refractivity contribution in [1.29, 1.82) is 0 Å². The topological polar surface area (TPSA) is 69.6 Å². The number of aliphatic hydroxyl groups is 1. The van der Waals surface area contributed by atoms with Crippen LogP contribution < -0.4 is 5.32 Å². The van der Waals surface area contributed by atoms with E-state index in [1.54, 1.807) is 7.05 Å². The van der Waals surface area contributed by atoms with E-state index in [-0.39, 0.29) is 5.91 Å². The van der Waals surface area contributed by atoms with E-state index < -0.39 is 12.0 Å². The van der Waals surface area contributed by atoms with E-state index >= 15 is 0 Å². The van der Waals surface area contributed by atoms with Gasteiger partial charge in [0.15, 0.2) is 6.10 Å². The molecule has 21 heavy (non-hydrogen) atoms. The molecular formula is C14H18Cl2N2O3. The molecule has 1 rings (SSSR count). The third-order valence-corrected chi connectivity index (χ3v) is 3.29. The number of aliphatic hydroxyl groups excluding tert-OH is 1. The number of likely N-dealkylation sites (N-methyl/N-ethyl adjacent to an activating group) is 1. The third kappa shape index (κ3) is 5.91. The third-order valence-electron chi connectivity index (χ3n) is 2.86. The predicted octanol–water partition coefficient (Wildman–Crippen LogP) is 2.01. The lowest BCUT2D eigenvalue weighted by molar-refractivity contribution is -0.139. The summed E-state index contributed by atoms with van der Waals surface area (Å²) in [5, 5.41) is 13.4. The Kier molecular flexibility index (Phi) is 6.95. The molecule has 0 aromatic heterocycles. The van der Waals surface area contributed by atoms with Crippen LogP contribution in [0.5, 0.6) is 0 Å². The Morgan fingerprint density at radius 2 is 1.86 bits per heavy atom. The molecule has 1 aromatic rings. The smallest absolute Gasteiger partial charge is 0.255 e. The average Bonchev–Trinajstić information content (AvgIpc) is 2.40. The summed E-state index contributed by atoms with van der Waals surface area (Å²) in [7, 11) is 1.59. The van der Waals surface area contributed by atoms with Crippen molar-refractivity contribution >= 4 is 35.0 Å². The second kappa shape index (κ2) is 8.22. The molecule has 0 aliphatic heterocycles. The Morgan fingerprint density at radius 1 is 1.29 bits per heavy atom. The molecule has 0 spiro atoms. The van der Waals surface area contributed by atoms with Crippen LogP contribution in [0.3, 0.4) is 0 Å². The number of amides is 2. The highest BCUT2D eigenvalue weighted by atomic mass is 35.5. The molecular weight excluding hydrogens is 315 g/mol. The summed E-state index contributed by atoms with van der Waals surface area (Å²) in [4.78, 5) is 24.2. The number of carbonyl (C=O) groups is 2. The second-order valence-corrected chi connectivity index (χ2v) is 5.57. The van der Waals surface area contributed by atoms with E-state index in [9.17, 15) is 14.7 Å². The number of benzene rings is 1. The number of rotatable bonds is 6. The Morgan fingerprint density at radius 3 is 2.38 bits per heavy atom. The fourth-order valence-electron chi connectivity index (χ4n) is 1.78. The molecule has 7 heteroatoms. The highest BCUT2D eigenvalue weighted by Crippen LogP contribution is 2.24. The second-order valence-electron chi connectivity index (χ2n) is 4.70. The first-order chi connectivity index (χ1) is 9.81. The Labute approximate surface area is 133 Å². The van der Waals surface area contributed by atoms with Gasteiger partial charge in [0, 0.05) is 37.1 Å². The summed E-state index contributed by atoms with van der Waals surface area (Å²) in [6.07, 6.45) is -0.711. The van der Waals surface area contributed by atoms with E-state index in [0.717, 1.165) is 0 Å². The van der Waals surface area contributed by atoms with Crippen molar-refractivity contribution in [3.05, 3.63) is 33.8 Å². The molecule has 2 amide bonds. The van der Waals surface area contributed by atoms with E-state index in [1.807, 2.05) is 0 Å². The molecule has 0 radical (unpaired) electrons. The molecule has 1 aromatic carbocycles. The molecule has 5 nitrogen and oxygen atoms in total. The normalized spacial score (nSPS) is 11.9. The predicted molar refractivity (Wildman–Crippen MR) is 82.4 cm³/mol. The molecule has 1 atom stereocenters. The largest absolute Gasteiger partial charge is 0.378 e. The zero-order valence-electron chi connectivity index (χ0n) is 11.9. The number of hydrogen-bond acceptors (Lipinski definition) is 3. The van der Waals surface area contributed by atoms with Crippen molar-refractivity contribution in [2.24, 2.45) is 0 Å². The molecule has 116 valence electrons. The molecule has 0 saturated carbocycles. The van der Waals surface area contributed by atoms with Gasteiger partial charge < -0.3 is 15.3 Å². The Balaban J connectivity index is 2.58. The van der Waals surface area contributed by atoms with E-state index in [1.165, 1.54) is 30.0 Å². The van der Waals surface area contributed by atoms with Crippen molar-refractivity contribution < 1.29 is 14.7 Å². The van der Waals surface area contributed by atoms with Crippen molar-refractivity contribution in [3.8, 4) is 0 Å². The molecule has 0 fully saturated rings. The molecule has 0 aliphatic carbocycles. The lowest BCUT2D eigenvalue weighted by Crippen LogP contribution is -2.34. The number of hydrogen-bond donors (Lipinski definition) is 2. The van der Waals surface area contributed by atoms with Crippen LogP contribution in [0.15, 0.2) is 18.2 Å². The quantitative estimate of drug-likeness (QED) is 0.783. The van der Waals surface area contributed by atoms with Gasteiger partial charge in [0.2, 0.25) is 5.91 Å². The molecule has 0 unspecified atom stereocenters. The van der Waals surface area contributed by atoms with Gasteiger partial charge in [-0.3, -0.25) is 9.59 Å². The minimum Gasteiger partial charge on any atom is -0.378 e. The average molecular weight is 333 g/mol.